The second-order valence-electron chi connectivity index (χ2n) is 13.7. The Labute approximate surface area is 309 Å². The normalized spacial score (nSPS) is 16.0. The highest BCUT2D eigenvalue weighted by molar-refractivity contribution is 7.99. The van der Waals surface area contributed by atoms with E-state index in [1.165, 1.54) is 20.6 Å². The molecule has 248 valence electrons. The van der Waals surface area contributed by atoms with E-state index in [0.717, 1.165) is 78.9 Å². The molecule has 9 aromatic rings. The molecule has 1 spiro atoms. The predicted octanol–water partition coefficient (Wildman–Crippen LogP) is 12.0. The molecule has 1 aliphatic carbocycles. The average molecular weight is 697 g/mol. The van der Waals surface area contributed by atoms with Crippen molar-refractivity contribution >= 4 is 50.6 Å². The highest BCUT2D eigenvalue weighted by Crippen LogP contribution is 2.64. The molecule has 6 heteroatoms. The summed E-state index contributed by atoms with van der Waals surface area (Å²) in [4.78, 5) is 15.1. The third-order valence-electron chi connectivity index (χ3n) is 11.1. The quantitative estimate of drug-likeness (QED) is 0.180. The SMILES string of the molecule is c1ccc2c(c1)Oc1c(N3c4ccccc4Sc4ccccc43)cccc1C21c2cccnc2-c2ncc(-n3c4ccccc4c4ccccc43)cc21. The zero-order chi connectivity index (χ0) is 34.7. The van der Waals surface area contributed by atoms with E-state index in [1.54, 1.807) is 0 Å². The minimum Gasteiger partial charge on any atom is -0.454 e. The van der Waals surface area contributed by atoms with E-state index in [2.05, 4.69) is 167 Å². The van der Waals surface area contributed by atoms with Gasteiger partial charge in [-0.05, 0) is 66.2 Å². The number of fused-ring (bicyclic) bond motifs is 14. The number of pyridine rings is 2. The molecule has 0 saturated heterocycles. The molecule has 3 aliphatic rings. The lowest BCUT2D eigenvalue weighted by molar-refractivity contribution is 0.437. The molecule has 3 aromatic heterocycles. The van der Waals surface area contributed by atoms with Crippen molar-refractivity contribution in [1.82, 2.24) is 14.5 Å². The van der Waals surface area contributed by atoms with Crippen molar-refractivity contribution in [2.24, 2.45) is 0 Å². The van der Waals surface area contributed by atoms with Crippen molar-refractivity contribution in [3.63, 3.8) is 0 Å². The molecule has 0 saturated carbocycles. The number of hydrogen-bond acceptors (Lipinski definition) is 5. The first kappa shape index (κ1) is 29.0. The Hall–Kier alpha value is -6.63. The first-order valence-corrected chi connectivity index (χ1v) is 18.6. The summed E-state index contributed by atoms with van der Waals surface area (Å²) >= 11 is 1.81. The fraction of sp³-hybridized carbons (Fsp3) is 0.0213. The monoisotopic (exact) mass is 696 g/mol. The van der Waals surface area contributed by atoms with E-state index < -0.39 is 5.41 Å². The molecule has 0 amide bonds. The van der Waals surface area contributed by atoms with Crippen molar-refractivity contribution < 1.29 is 4.74 Å². The van der Waals surface area contributed by atoms with E-state index in [1.807, 2.05) is 24.2 Å². The van der Waals surface area contributed by atoms with Crippen LogP contribution < -0.4 is 9.64 Å². The highest BCUT2D eigenvalue weighted by atomic mass is 32.2. The number of ether oxygens (including phenoxy) is 1. The van der Waals surface area contributed by atoms with Crippen molar-refractivity contribution in [3.05, 3.63) is 192 Å². The number of nitrogens with zero attached hydrogens (tertiary/aromatic N) is 4. The molecule has 0 fully saturated rings. The van der Waals surface area contributed by atoms with Crippen LogP contribution in [0.5, 0.6) is 11.5 Å². The van der Waals surface area contributed by atoms with Gasteiger partial charge in [0.25, 0.3) is 0 Å². The molecular formula is C47H28N4OS. The summed E-state index contributed by atoms with van der Waals surface area (Å²) in [5.41, 5.74) is 11.9. The number of anilines is 3. The van der Waals surface area contributed by atoms with Crippen molar-refractivity contribution in [1.29, 1.82) is 0 Å². The Morgan fingerprint density at radius 3 is 1.89 bits per heavy atom. The Bertz CT molecular complexity index is 2910. The minimum absolute atomic E-state index is 0.746. The van der Waals surface area contributed by atoms with Gasteiger partial charge < -0.3 is 14.2 Å². The lowest BCUT2D eigenvalue weighted by Gasteiger charge is -2.41. The molecule has 2 aliphatic heterocycles. The van der Waals surface area contributed by atoms with E-state index in [4.69, 9.17) is 14.7 Å². The van der Waals surface area contributed by atoms with Crippen molar-refractivity contribution in [3.8, 4) is 28.6 Å². The van der Waals surface area contributed by atoms with Gasteiger partial charge in [-0.1, -0.05) is 109 Å². The van der Waals surface area contributed by atoms with Crippen molar-refractivity contribution in [2.45, 2.75) is 15.2 Å². The fourth-order valence-corrected chi connectivity index (χ4v) is 10.1. The lowest BCUT2D eigenvalue weighted by atomic mass is 9.66. The molecule has 6 aromatic carbocycles. The average Bonchev–Trinajstić information content (AvgIpc) is 3.70. The van der Waals surface area contributed by atoms with E-state index in [9.17, 15) is 0 Å². The molecule has 12 rings (SSSR count). The Morgan fingerprint density at radius 2 is 1.11 bits per heavy atom. The van der Waals surface area contributed by atoms with Gasteiger partial charge in [0.15, 0.2) is 5.75 Å². The molecular weight excluding hydrogens is 669 g/mol. The smallest absolute Gasteiger partial charge is 0.156 e. The Kier molecular flexibility index (Phi) is 5.85. The molecule has 1 atom stereocenters. The standard InChI is InChI=1S/C47H28N4OS/c1-4-18-36-30(13-1)31-14-2-5-19-37(31)50(36)29-27-35-45(49-28-29)44-33(17-12-26-48-44)47(35)32-15-3-8-23-41(32)52-46-34(47)16-11-22-40(46)51-38-20-6-9-24-42(38)53-43-25-10-7-21-39(43)51/h1-28H. The zero-order valence-corrected chi connectivity index (χ0v) is 29.1. The molecule has 0 radical (unpaired) electrons. The van der Waals surface area contributed by atoms with Gasteiger partial charge in [0.1, 0.15) is 5.75 Å². The molecule has 5 heterocycles. The van der Waals surface area contributed by atoms with Crippen LogP contribution in [0.1, 0.15) is 22.3 Å². The van der Waals surface area contributed by atoms with Crippen LogP contribution in [0.2, 0.25) is 0 Å². The van der Waals surface area contributed by atoms with Crippen LogP contribution >= 0.6 is 11.8 Å². The summed E-state index contributed by atoms with van der Waals surface area (Å²) in [5.74, 6) is 1.65. The molecule has 53 heavy (non-hydrogen) atoms. The number of para-hydroxylation sites is 6. The van der Waals surface area contributed by atoms with Crippen LogP contribution in [-0.2, 0) is 5.41 Å². The fourth-order valence-electron chi connectivity index (χ4n) is 9.06. The Balaban J connectivity index is 1.18. The predicted molar refractivity (Wildman–Crippen MR) is 213 cm³/mol. The molecule has 1 unspecified atom stereocenters. The first-order chi connectivity index (χ1) is 26.3. The van der Waals surface area contributed by atoms with Crippen molar-refractivity contribution in [2.75, 3.05) is 4.90 Å². The third-order valence-corrected chi connectivity index (χ3v) is 12.3. The summed E-state index contributed by atoms with van der Waals surface area (Å²) in [6.45, 7) is 0. The maximum Gasteiger partial charge on any atom is 0.156 e. The minimum atomic E-state index is -0.746. The van der Waals surface area contributed by atoms with Crippen LogP contribution in [0, 0.1) is 0 Å². The lowest BCUT2D eigenvalue weighted by Crippen LogP contribution is -2.33. The van der Waals surface area contributed by atoms with Crippen LogP contribution in [0.3, 0.4) is 0 Å². The summed E-state index contributed by atoms with van der Waals surface area (Å²) in [6.07, 6.45) is 3.89. The van der Waals surface area contributed by atoms with Gasteiger partial charge in [0, 0.05) is 43.5 Å². The number of benzene rings is 6. The largest absolute Gasteiger partial charge is 0.454 e. The van der Waals surface area contributed by atoms with Gasteiger partial charge in [0.2, 0.25) is 0 Å². The third kappa shape index (κ3) is 3.77. The Morgan fingerprint density at radius 1 is 0.509 bits per heavy atom. The maximum atomic E-state index is 7.13. The second-order valence-corrected chi connectivity index (χ2v) is 14.8. The highest BCUT2D eigenvalue weighted by Gasteiger charge is 2.53. The van der Waals surface area contributed by atoms with Gasteiger partial charge >= 0.3 is 0 Å². The second kappa shape index (κ2) is 10.7. The summed E-state index contributed by atoms with van der Waals surface area (Å²) in [5, 5.41) is 2.44. The number of hydrogen-bond donors (Lipinski definition) is 0. The topological polar surface area (TPSA) is 43.2 Å². The summed E-state index contributed by atoms with van der Waals surface area (Å²) in [6, 6.07) is 56.3. The maximum absolute atomic E-state index is 7.13. The van der Waals surface area contributed by atoms with Crippen LogP contribution in [0.25, 0.3) is 38.9 Å². The molecule has 0 bridgehead atoms. The van der Waals surface area contributed by atoms with Gasteiger partial charge in [-0.2, -0.15) is 0 Å². The van der Waals surface area contributed by atoms with Gasteiger partial charge in [-0.15, -0.1) is 0 Å². The van der Waals surface area contributed by atoms with Crippen LogP contribution in [0.4, 0.5) is 17.1 Å². The number of rotatable bonds is 2. The molecule has 5 nitrogen and oxygen atoms in total. The van der Waals surface area contributed by atoms with Gasteiger partial charge in [0.05, 0.1) is 56.8 Å². The van der Waals surface area contributed by atoms with Gasteiger partial charge in [-0.3, -0.25) is 9.97 Å². The van der Waals surface area contributed by atoms with E-state index in [0.29, 0.717) is 0 Å². The number of aromatic nitrogens is 3. The van der Waals surface area contributed by atoms with Crippen LogP contribution in [-0.4, -0.2) is 14.5 Å². The van der Waals surface area contributed by atoms with Gasteiger partial charge in [-0.25, -0.2) is 0 Å². The first-order valence-electron chi connectivity index (χ1n) is 17.8. The van der Waals surface area contributed by atoms with Crippen LogP contribution in [0.15, 0.2) is 180 Å². The van der Waals surface area contributed by atoms with E-state index >= 15 is 0 Å². The summed E-state index contributed by atoms with van der Waals surface area (Å²) in [7, 11) is 0. The molecule has 0 N–H and O–H groups in total. The summed E-state index contributed by atoms with van der Waals surface area (Å²) < 4.78 is 9.48. The zero-order valence-electron chi connectivity index (χ0n) is 28.3. The van der Waals surface area contributed by atoms with E-state index in [-0.39, 0.29) is 0 Å².